The summed E-state index contributed by atoms with van der Waals surface area (Å²) in [6, 6.07) is 2.60. The van der Waals surface area contributed by atoms with Gasteiger partial charge in [0.1, 0.15) is 10.7 Å². The minimum absolute atomic E-state index is 0.0346. The van der Waals surface area contributed by atoms with Crippen LogP contribution < -0.4 is 21.9 Å². The van der Waals surface area contributed by atoms with E-state index in [2.05, 4.69) is 16.9 Å². The average molecular weight is 485 g/mol. The van der Waals surface area contributed by atoms with E-state index >= 15 is 0 Å². The van der Waals surface area contributed by atoms with E-state index < -0.39 is 17.4 Å². The van der Waals surface area contributed by atoms with Crippen molar-refractivity contribution >= 4 is 23.5 Å². The predicted octanol–water partition coefficient (Wildman–Crippen LogP) is 2.65. The normalized spacial score (nSPS) is 22.8. The molecule has 33 heavy (non-hydrogen) atoms. The SMILES string of the molecule is CC[C@@H]1OCC2(CCN(c3nc(N)c(Sc4cccnc4C(F)(F)F)c(=O)n3C)CC2)[C@@H]1N. The topological polar surface area (TPSA) is 112 Å². The summed E-state index contributed by atoms with van der Waals surface area (Å²) in [6.07, 6.45) is -1.08. The number of ether oxygens (including phenoxy) is 1. The van der Waals surface area contributed by atoms with E-state index in [1.54, 1.807) is 7.05 Å². The molecule has 0 aromatic carbocycles. The van der Waals surface area contributed by atoms with Gasteiger partial charge in [-0.25, -0.2) is 0 Å². The Morgan fingerprint density at radius 3 is 2.64 bits per heavy atom. The van der Waals surface area contributed by atoms with Gasteiger partial charge in [0.25, 0.3) is 5.56 Å². The van der Waals surface area contributed by atoms with E-state index in [0.717, 1.165) is 25.5 Å². The van der Waals surface area contributed by atoms with Crippen LogP contribution in [-0.2, 0) is 18.0 Å². The number of alkyl halides is 3. The molecule has 0 bridgehead atoms. The molecule has 0 saturated carbocycles. The summed E-state index contributed by atoms with van der Waals surface area (Å²) < 4.78 is 47.2. The number of pyridine rings is 1. The Kier molecular flexibility index (Phi) is 6.36. The maximum Gasteiger partial charge on any atom is 0.434 e. The van der Waals surface area contributed by atoms with Crippen molar-refractivity contribution in [1.29, 1.82) is 0 Å². The lowest BCUT2D eigenvalue weighted by Crippen LogP contribution is -2.51. The third-order valence-electron chi connectivity index (χ3n) is 6.64. The summed E-state index contributed by atoms with van der Waals surface area (Å²) in [7, 11) is 1.55. The number of halogens is 3. The quantitative estimate of drug-likeness (QED) is 0.681. The maximum absolute atomic E-state index is 13.3. The number of anilines is 2. The van der Waals surface area contributed by atoms with Crippen LogP contribution in [0.25, 0.3) is 0 Å². The third-order valence-corrected chi connectivity index (χ3v) is 7.78. The zero-order chi connectivity index (χ0) is 24.0. The Morgan fingerprint density at radius 1 is 1.33 bits per heavy atom. The van der Waals surface area contributed by atoms with Crippen LogP contribution in [-0.4, -0.2) is 46.4 Å². The van der Waals surface area contributed by atoms with Crippen LogP contribution in [0.3, 0.4) is 0 Å². The Hall–Kier alpha value is -2.31. The minimum Gasteiger partial charge on any atom is -0.382 e. The molecule has 0 amide bonds. The molecule has 2 aliphatic heterocycles. The molecule has 2 fully saturated rings. The van der Waals surface area contributed by atoms with Gasteiger partial charge in [-0.2, -0.15) is 18.2 Å². The van der Waals surface area contributed by atoms with Gasteiger partial charge in [-0.3, -0.25) is 14.3 Å². The highest BCUT2D eigenvalue weighted by Crippen LogP contribution is 2.43. The lowest BCUT2D eigenvalue weighted by Gasteiger charge is -2.42. The van der Waals surface area contributed by atoms with Crippen LogP contribution in [0.5, 0.6) is 0 Å². The summed E-state index contributed by atoms with van der Waals surface area (Å²) in [5, 5.41) is 0. The summed E-state index contributed by atoms with van der Waals surface area (Å²) >= 11 is 0.627. The second-order valence-corrected chi connectivity index (χ2v) is 9.63. The molecule has 8 nitrogen and oxygen atoms in total. The first kappa shape index (κ1) is 23.8. The van der Waals surface area contributed by atoms with Crippen molar-refractivity contribution in [3.63, 3.8) is 0 Å². The molecule has 1 spiro atoms. The lowest BCUT2D eigenvalue weighted by atomic mass is 9.73. The van der Waals surface area contributed by atoms with Crippen molar-refractivity contribution in [1.82, 2.24) is 14.5 Å². The molecular formula is C21H27F3N6O2S. The summed E-state index contributed by atoms with van der Waals surface area (Å²) in [4.78, 5) is 22.6. The van der Waals surface area contributed by atoms with Gasteiger partial charge in [-0.15, -0.1) is 0 Å². The van der Waals surface area contributed by atoms with Crippen LogP contribution in [0, 0.1) is 5.41 Å². The zero-order valence-corrected chi connectivity index (χ0v) is 19.2. The summed E-state index contributed by atoms with van der Waals surface area (Å²) in [5.41, 5.74) is 10.9. The van der Waals surface area contributed by atoms with Gasteiger partial charge >= 0.3 is 6.18 Å². The molecule has 2 atom stereocenters. The van der Waals surface area contributed by atoms with Gasteiger partial charge in [0.2, 0.25) is 5.95 Å². The predicted molar refractivity (Wildman–Crippen MR) is 119 cm³/mol. The van der Waals surface area contributed by atoms with E-state index in [1.807, 2.05) is 4.90 Å². The highest BCUT2D eigenvalue weighted by Gasteiger charge is 2.48. The van der Waals surface area contributed by atoms with Crippen LogP contribution in [0.15, 0.2) is 32.9 Å². The Morgan fingerprint density at radius 2 is 2.03 bits per heavy atom. The fourth-order valence-corrected chi connectivity index (χ4v) is 5.64. The van der Waals surface area contributed by atoms with Crippen molar-refractivity contribution in [2.75, 3.05) is 30.3 Å². The zero-order valence-electron chi connectivity index (χ0n) is 18.4. The van der Waals surface area contributed by atoms with Gasteiger partial charge in [0.15, 0.2) is 5.69 Å². The average Bonchev–Trinajstić information content (AvgIpc) is 3.09. The number of hydrogen-bond donors (Lipinski definition) is 2. The van der Waals surface area contributed by atoms with E-state index in [9.17, 15) is 18.0 Å². The number of nitrogen functional groups attached to an aromatic ring is 1. The van der Waals surface area contributed by atoms with Gasteiger partial charge < -0.3 is 21.1 Å². The van der Waals surface area contributed by atoms with Crippen molar-refractivity contribution in [3.05, 3.63) is 34.4 Å². The third kappa shape index (κ3) is 4.31. The molecule has 2 aromatic heterocycles. The van der Waals surface area contributed by atoms with Crippen LogP contribution in [0.1, 0.15) is 31.9 Å². The van der Waals surface area contributed by atoms with E-state index in [1.165, 1.54) is 16.7 Å². The van der Waals surface area contributed by atoms with Crippen LogP contribution in [0.4, 0.5) is 24.9 Å². The van der Waals surface area contributed by atoms with Crippen molar-refractivity contribution in [2.45, 2.75) is 54.3 Å². The second kappa shape index (κ2) is 8.80. The fraction of sp³-hybridized carbons (Fsp3) is 0.571. The number of hydrogen-bond acceptors (Lipinski definition) is 8. The molecule has 4 rings (SSSR count). The first-order chi connectivity index (χ1) is 15.6. The van der Waals surface area contributed by atoms with Crippen LogP contribution >= 0.6 is 11.8 Å². The highest BCUT2D eigenvalue weighted by atomic mass is 32.2. The molecule has 2 saturated heterocycles. The number of nitrogens with two attached hydrogens (primary N) is 2. The van der Waals surface area contributed by atoms with Crippen molar-refractivity contribution in [2.24, 2.45) is 18.2 Å². The molecule has 0 aliphatic carbocycles. The van der Waals surface area contributed by atoms with Gasteiger partial charge in [-0.1, -0.05) is 18.7 Å². The molecule has 4 heterocycles. The smallest absolute Gasteiger partial charge is 0.382 e. The molecule has 12 heteroatoms. The molecule has 2 aromatic rings. The first-order valence-electron chi connectivity index (χ1n) is 10.8. The summed E-state index contributed by atoms with van der Waals surface area (Å²) in [5.74, 6) is 0.278. The standard InChI is InChI=1S/C21H27F3N6O2S/c1-3-12-15(25)20(11-32-12)6-9-30(10-7-20)19-28-17(26)14(18(31)29(19)2)33-13-5-4-8-27-16(13)21(22,23)24/h4-5,8,12,15H,3,6-7,9-11,25-26H2,1-2H3/t12-,15+/m0/s1. The molecule has 4 N–H and O–H groups in total. The molecule has 0 unspecified atom stereocenters. The minimum atomic E-state index is -4.65. The Labute approximate surface area is 193 Å². The van der Waals surface area contributed by atoms with Gasteiger partial charge in [-0.05, 0) is 31.4 Å². The Bertz CT molecular complexity index is 1080. The van der Waals surface area contributed by atoms with Crippen molar-refractivity contribution < 1.29 is 17.9 Å². The van der Waals surface area contributed by atoms with E-state index in [4.69, 9.17) is 16.2 Å². The summed E-state index contributed by atoms with van der Waals surface area (Å²) in [6.45, 7) is 3.93. The molecule has 180 valence electrons. The fourth-order valence-electron chi connectivity index (χ4n) is 4.63. The number of piperidine rings is 1. The monoisotopic (exact) mass is 484 g/mol. The molecule has 0 radical (unpaired) electrons. The number of aromatic nitrogens is 3. The van der Waals surface area contributed by atoms with Gasteiger partial charge in [0, 0.05) is 42.7 Å². The number of nitrogens with zero attached hydrogens (tertiary/aromatic N) is 4. The maximum atomic E-state index is 13.3. The van der Waals surface area contributed by atoms with Crippen LogP contribution in [0.2, 0.25) is 0 Å². The van der Waals surface area contributed by atoms with Gasteiger partial charge in [0.05, 0.1) is 12.7 Å². The lowest BCUT2D eigenvalue weighted by molar-refractivity contribution is -0.143. The molecule has 2 aliphatic rings. The number of rotatable bonds is 4. The van der Waals surface area contributed by atoms with E-state index in [-0.39, 0.29) is 33.2 Å². The van der Waals surface area contributed by atoms with E-state index in [0.29, 0.717) is 37.4 Å². The highest BCUT2D eigenvalue weighted by molar-refractivity contribution is 7.99. The Balaban J connectivity index is 1.57. The second-order valence-electron chi connectivity index (χ2n) is 8.57. The first-order valence-corrected chi connectivity index (χ1v) is 11.6. The van der Waals surface area contributed by atoms with Crippen molar-refractivity contribution in [3.8, 4) is 0 Å². The molecular weight excluding hydrogens is 457 g/mol. The largest absolute Gasteiger partial charge is 0.434 e.